The van der Waals surface area contributed by atoms with Crippen molar-refractivity contribution in [2.45, 2.75) is 39.0 Å². The first kappa shape index (κ1) is 14.8. The lowest BCUT2D eigenvalue weighted by molar-refractivity contribution is -0.132. The molecule has 1 fully saturated rings. The minimum Gasteiger partial charge on any atom is -0.441 e. The molecule has 0 radical (unpaired) electrons. The van der Waals surface area contributed by atoms with E-state index in [0.29, 0.717) is 18.7 Å². The van der Waals surface area contributed by atoms with Crippen LogP contribution in [-0.4, -0.2) is 28.9 Å². The summed E-state index contributed by atoms with van der Waals surface area (Å²) in [4.78, 5) is 18.8. The number of aryl methyl sites for hydroxylation is 2. The predicted octanol–water partition coefficient (Wildman–Crippen LogP) is 3.60. The number of likely N-dealkylation sites (tertiary alicyclic amines) is 1. The van der Waals surface area contributed by atoms with Gasteiger partial charge in [0, 0.05) is 31.5 Å². The van der Waals surface area contributed by atoms with Crippen molar-refractivity contribution in [2.75, 3.05) is 13.1 Å². The first-order valence-electron chi connectivity index (χ1n) is 8.03. The highest BCUT2D eigenvalue weighted by Crippen LogP contribution is 2.22. The van der Waals surface area contributed by atoms with Crippen molar-refractivity contribution in [3.05, 3.63) is 41.8 Å². The van der Waals surface area contributed by atoms with Gasteiger partial charge in [0.2, 0.25) is 11.8 Å². The molecule has 2 heterocycles. The highest BCUT2D eigenvalue weighted by molar-refractivity contribution is 5.76. The average molecular weight is 298 g/mol. The van der Waals surface area contributed by atoms with Crippen LogP contribution in [0.5, 0.6) is 0 Å². The Bertz CT molecular complexity index is 628. The van der Waals surface area contributed by atoms with Gasteiger partial charge < -0.3 is 9.32 Å². The van der Waals surface area contributed by atoms with Gasteiger partial charge in [0.25, 0.3) is 0 Å². The van der Waals surface area contributed by atoms with Gasteiger partial charge in [0.05, 0.1) is 5.69 Å². The Morgan fingerprint density at radius 2 is 1.91 bits per heavy atom. The zero-order chi connectivity index (χ0) is 15.4. The van der Waals surface area contributed by atoms with E-state index in [1.54, 1.807) is 0 Å². The quantitative estimate of drug-likeness (QED) is 0.866. The van der Waals surface area contributed by atoms with Crippen LogP contribution in [0.3, 0.4) is 0 Å². The summed E-state index contributed by atoms with van der Waals surface area (Å²) < 4.78 is 5.74. The molecule has 22 heavy (non-hydrogen) atoms. The molecule has 0 saturated carbocycles. The SMILES string of the molecule is Cc1oc(-c2ccccc2)nc1CCC(=O)N1CCCCC1. The molecule has 3 rings (SSSR count). The van der Waals surface area contributed by atoms with Crippen molar-refractivity contribution < 1.29 is 9.21 Å². The lowest BCUT2D eigenvalue weighted by Gasteiger charge is -2.26. The highest BCUT2D eigenvalue weighted by Gasteiger charge is 2.18. The molecule has 0 N–H and O–H groups in total. The molecule has 4 heteroatoms. The van der Waals surface area contributed by atoms with E-state index < -0.39 is 0 Å². The first-order valence-corrected chi connectivity index (χ1v) is 8.03. The second kappa shape index (κ2) is 6.77. The monoisotopic (exact) mass is 298 g/mol. The molecule has 1 aliphatic heterocycles. The molecule has 116 valence electrons. The van der Waals surface area contributed by atoms with Crippen LogP contribution in [-0.2, 0) is 11.2 Å². The second-order valence-electron chi connectivity index (χ2n) is 5.83. The molecule has 0 spiro atoms. The number of carbonyl (C=O) groups excluding carboxylic acids is 1. The summed E-state index contributed by atoms with van der Waals surface area (Å²) in [5, 5.41) is 0. The lowest BCUT2D eigenvalue weighted by Crippen LogP contribution is -2.35. The van der Waals surface area contributed by atoms with Crippen LogP contribution < -0.4 is 0 Å². The lowest BCUT2D eigenvalue weighted by atomic mass is 10.1. The summed E-state index contributed by atoms with van der Waals surface area (Å²) in [6.45, 7) is 3.73. The van der Waals surface area contributed by atoms with Gasteiger partial charge in [-0.2, -0.15) is 0 Å². The zero-order valence-corrected chi connectivity index (χ0v) is 13.0. The third-order valence-corrected chi connectivity index (χ3v) is 4.20. The van der Waals surface area contributed by atoms with E-state index in [0.717, 1.165) is 42.9 Å². The van der Waals surface area contributed by atoms with Crippen molar-refractivity contribution in [3.63, 3.8) is 0 Å². The number of carbonyl (C=O) groups is 1. The average Bonchev–Trinajstić information content (AvgIpc) is 2.95. The van der Waals surface area contributed by atoms with Crippen LogP contribution in [0.1, 0.15) is 37.1 Å². The molecule has 0 bridgehead atoms. The minimum atomic E-state index is 0.239. The van der Waals surface area contributed by atoms with E-state index in [1.807, 2.05) is 42.2 Å². The van der Waals surface area contributed by atoms with Crippen LogP contribution in [0.15, 0.2) is 34.7 Å². The fourth-order valence-corrected chi connectivity index (χ4v) is 2.89. The van der Waals surface area contributed by atoms with E-state index in [-0.39, 0.29) is 5.91 Å². The molecular formula is C18H22N2O2. The number of amides is 1. The summed E-state index contributed by atoms with van der Waals surface area (Å²) >= 11 is 0. The Balaban J connectivity index is 1.63. The van der Waals surface area contributed by atoms with Gasteiger partial charge in [-0.15, -0.1) is 0 Å². The van der Waals surface area contributed by atoms with Crippen molar-refractivity contribution in [1.82, 2.24) is 9.88 Å². The normalized spacial score (nSPS) is 15.0. The number of aromatic nitrogens is 1. The number of piperidine rings is 1. The van der Waals surface area contributed by atoms with Crippen LogP contribution >= 0.6 is 0 Å². The predicted molar refractivity (Wildman–Crippen MR) is 85.4 cm³/mol. The van der Waals surface area contributed by atoms with Crippen molar-refractivity contribution in [2.24, 2.45) is 0 Å². The number of oxazole rings is 1. The molecule has 1 aliphatic rings. The van der Waals surface area contributed by atoms with Crippen LogP contribution in [0.2, 0.25) is 0 Å². The Hall–Kier alpha value is -2.10. The third kappa shape index (κ3) is 3.38. The molecule has 4 nitrogen and oxygen atoms in total. The fraction of sp³-hybridized carbons (Fsp3) is 0.444. The zero-order valence-electron chi connectivity index (χ0n) is 13.0. The van der Waals surface area contributed by atoms with Gasteiger partial charge in [-0.3, -0.25) is 4.79 Å². The van der Waals surface area contributed by atoms with Gasteiger partial charge in [-0.1, -0.05) is 18.2 Å². The van der Waals surface area contributed by atoms with Crippen LogP contribution in [0.25, 0.3) is 11.5 Å². The molecule has 0 aliphatic carbocycles. The van der Waals surface area contributed by atoms with Crippen molar-refractivity contribution in [3.8, 4) is 11.5 Å². The summed E-state index contributed by atoms with van der Waals surface area (Å²) in [5.74, 6) is 1.69. The van der Waals surface area contributed by atoms with E-state index >= 15 is 0 Å². The van der Waals surface area contributed by atoms with E-state index in [9.17, 15) is 4.79 Å². The Kier molecular flexibility index (Phi) is 4.56. The third-order valence-electron chi connectivity index (χ3n) is 4.20. The maximum atomic E-state index is 12.2. The van der Waals surface area contributed by atoms with Gasteiger partial charge in [-0.05, 0) is 38.3 Å². The van der Waals surface area contributed by atoms with Gasteiger partial charge in [-0.25, -0.2) is 4.98 Å². The maximum absolute atomic E-state index is 12.2. The Morgan fingerprint density at radius 3 is 2.64 bits per heavy atom. The Morgan fingerprint density at radius 1 is 1.18 bits per heavy atom. The molecule has 0 atom stereocenters. The largest absolute Gasteiger partial charge is 0.441 e. The Labute approximate surface area is 131 Å². The van der Waals surface area contributed by atoms with Crippen LogP contribution in [0.4, 0.5) is 0 Å². The molecule has 1 aromatic carbocycles. The van der Waals surface area contributed by atoms with Gasteiger partial charge >= 0.3 is 0 Å². The first-order chi connectivity index (χ1) is 10.7. The smallest absolute Gasteiger partial charge is 0.226 e. The van der Waals surface area contributed by atoms with Crippen molar-refractivity contribution in [1.29, 1.82) is 0 Å². The molecule has 0 unspecified atom stereocenters. The molecule has 1 amide bonds. The standard InChI is InChI=1S/C18H22N2O2/c1-14-16(10-11-17(21)20-12-6-3-7-13-20)19-18(22-14)15-8-4-2-5-9-15/h2,4-5,8-9H,3,6-7,10-13H2,1H3. The maximum Gasteiger partial charge on any atom is 0.226 e. The number of hydrogen-bond donors (Lipinski definition) is 0. The number of hydrogen-bond acceptors (Lipinski definition) is 3. The second-order valence-corrected chi connectivity index (χ2v) is 5.83. The number of rotatable bonds is 4. The summed E-state index contributed by atoms with van der Waals surface area (Å²) in [7, 11) is 0. The highest BCUT2D eigenvalue weighted by atomic mass is 16.4. The molecule has 1 aromatic heterocycles. The molecular weight excluding hydrogens is 276 g/mol. The topological polar surface area (TPSA) is 46.3 Å². The van der Waals surface area contributed by atoms with E-state index in [1.165, 1.54) is 6.42 Å². The molecule has 2 aromatic rings. The summed E-state index contributed by atoms with van der Waals surface area (Å²) in [6, 6.07) is 9.86. The molecule has 1 saturated heterocycles. The number of nitrogens with zero attached hydrogens (tertiary/aromatic N) is 2. The summed E-state index contributed by atoms with van der Waals surface area (Å²) in [5.41, 5.74) is 1.86. The van der Waals surface area contributed by atoms with E-state index in [4.69, 9.17) is 4.42 Å². The van der Waals surface area contributed by atoms with Crippen molar-refractivity contribution >= 4 is 5.91 Å². The minimum absolute atomic E-state index is 0.239. The van der Waals surface area contributed by atoms with Crippen LogP contribution in [0, 0.1) is 6.92 Å². The fourth-order valence-electron chi connectivity index (χ4n) is 2.89. The van der Waals surface area contributed by atoms with Gasteiger partial charge in [0.15, 0.2) is 0 Å². The number of benzene rings is 1. The summed E-state index contributed by atoms with van der Waals surface area (Å²) in [6.07, 6.45) is 4.67. The van der Waals surface area contributed by atoms with E-state index in [2.05, 4.69) is 4.98 Å². The van der Waals surface area contributed by atoms with Gasteiger partial charge in [0.1, 0.15) is 5.76 Å².